The van der Waals surface area contributed by atoms with Crippen molar-refractivity contribution in [3.63, 3.8) is 0 Å². The van der Waals surface area contributed by atoms with E-state index in [1.165, 1.54) is 0 Å². The summed E-state index contributed by atoms with van der Waals surface area (Å²) in [5.74, 6) is 0.815. The first-order chi connectivity index (χ1) is 9.69. The molecule has 1 aromatic carbocycles. The molecule has 1 heterocycles. The zero-order valence-electron chi connectivity index (χ0n) is 10.8. The number of benzene rings is 1. The molecular formula is C14H14ClN3O2. The first kappa shape index (κ1) is 14.3. The minimum atomic E-state index is -0.0765. The lowest BCUT2D eigenvalue weighted by atomic mass is 10.2. The van der Waals surface area contributed by atoms with Crippen LogP contribution in [0.1, 0.15) is 12.3 Å². The van der Waals surface area contributed by atoms with E-state index >= 15 is 0 Å². The third-order valence-corrected chi connectivity index (χ3v) is 2.80. The smallest absolute Gasteiger partial charge is 0.227 e. The fourth-order valence-corrected chi connectivity index (χ4v) is 1.79. The SMILES string of the molecule is C=CCNC(=O)CCc1nc(-c2cccc(Cl)c2)no1. The van der Waals surface area contributed by atoms with Crippen molar-refractivity contribution in [2.24, 2.45) is 0 Å². The molecule has 1 aromatic heterocycles. The van der Waals surface area contributed by atoms with Crippen molar-refractivity contribution in [2.45, 2.75) is 12.8 Å². The predicted octanol–water partition coefficient (Wildman–Crippen LogP) is 2.62. The van der Waals surface area contributed by atoms with Gasteiger partial charge in [0.05, 0.1) is 0 Å². The van der Waals surface area contributed by atoms with Gasteiger partial charge in [-0.3, -0.25) is 4.79 Å². The van der Waals surface area contributed by atoms with Crippen molar-refractivity contribution in [3.05, 3.63) is 47.8 Å². The summed E-state index contributed by atoms with van der Waals surface area (Å²) >= 11 is 5.91. The zero-order chi connectivity index (χ0) is 14.4. The number of carbonyl (C=O) groups excluding carboxylic acids is 1. The number of amides is 1. The normalized spacial score (nSPS) is 10.2. The maximum atomic E-state index is 11.4. The second-order valence-corrected chi connectivity index (χ2v) is 4.55. The van der Waals surface area contributed by atoms with Crippen LogP contribution < -0.4 is 5.32 Å². The Morgan fingerprint density at radius 3 is 3.10 bits per heavy atom. The molecular weight excluding hydrogens is 278 g/mol. The van der Waals surface area contributed by atoms with Gasteiger partial charge in [0.15, 0.2) is 0 Å². The number of aryl methyl sites for hydroxylation is 1. The number of nitrogens with zero attached hydrogens (tertiary/aromatic N) is 2. The molecule has 5 nitrogen and oxygen atoms in total. The van der Waals surface area contributed by atoms with E-state index < -0.39 is 0 Å². The molecule has 0 spiro atoms. The van der Waals surface area contributed by atoms with Crippen LogP contribution in [0.5, 0.6) is 0 Å². The molecule has 0 bridgehead atoms. The number of hydrogen-bond donors (Lipinski definition) is 1. The first-order valence-electron chi connectivity index (χ1n) is 6.15. The minimum absolute atomic E-state index is 0.0765. The average molecular weight is 292 g/mol. The molecule has 0 aliphatic heterocycles. The van der Waals surface area contributed by atoms with Crippen LogP contribution in [-0.2, 0) is 11.2 Å². The molecule has 0 unspecified atom stereocenters. The Morgan fingerprint density at radius 2 is 2.35 bits per heavy atom. The van der Waals surface area contributed by atoms with Crippen LogP contribution in [0.3, 0.4) is 0 Å². The lowest BCUT2D eigenvalue weighted by molar-refractivity contribution is -0.120. The zero-order valence-corrected chi connectivity index (χ0v) is 11.6. The topological polar surface area (TPSA) is 68.0 Å². The Labute approximate surface area is 121 Å². The Hall–Kier alpha value is -2.14. The van der Waals surface area contributed by atoms with Crippen molar-refractivity contribution in [1.29, 1.82) is 0 Å². The highest BCUT2D eigenvalue weighted by molar-refractivity contribution is 6.30. The van der Waals surface area contributed by atoms with Gasteiger partial charge >= 0.3 is 0 Å². The molecule has 2 rings (SSSR count). The Bertz CT molecular complexity index is 610. The average Bonchev–Trinajstić information content (AvgIpc) is 2.92. The van der Waals surface area contributed by atoms with Gasteiger partial charge in [0, 0.05) is 30.0 Å². The number of aromatic nitrogens is 2. The van der Waals surface area contributed by atoms with Crippen LogP contribution in [-0.4, -0.2) is 22.6 Å². The van der Waals surface area contributed by atoms with Crippen LogP contribution in [0.25, 0.3) is 11.4 Å². The van der Waals surface area contributed by atoms with Crippen LogP contribution in [0.15, 0.2) is 41.4 Å². The summed E-state index contributed by atoms with van der Waals surface area (Å²) in [7, 11) is 0. The largest absolute Gasteiger partial charge is 0.353 e. The molecule has 1 amide bonds. The van der Waals surface area contributed by atoms with E-state index in [0.29, 0.717) is 36.1 Å². The van der Waals surface area contributed by atoms with Gasteiger partial charge in [0.2, 0.25) is 17.6 Å². The van der Waals surface area contributed by atoms with Crippen LogP contribution in [0.2, 0.25) is 5.02 Å². The highest BCUT2D eigenvalue weighted by atomic mass is 35.5. The van der Waals surface area contributed by atoms with E-state index in [4.69, 9.17) is 16.1 Å². The van der Waals surface area contributed by atoms with Crippen molar-refractivity contribution >= 4 is 17.5 Å². The molecule has 0 aliphatic carbocycles. The fourth-order valence-electron chi connectivity index (χ4n) is 1.60. The Kier molecular flexibility index (Phi) is 4.90. The highest BCUT2D eigenvalue weighted by Gasteiger charge is 2.10. The summed E-state index contributed by atoms with van der Waals surface area (Å²) in [4.78, 5) is 15.7. The maximum Gasteiger partial charge on any atom is 0.227 e. The molecule has 20 heavy (non-hydrogen) atoms. The van der Waals surface area contributed by atoms with Crippen molar-refractivity contribution in [3.8, 4) is 11.4 Å². The number of carbonyl (C=O) groups is 1. The Morgan fingerprint density at radius 1 is 1.50 bits per heavy atom. The summed E-state index contributed by atoms with van der Waals surface area (Å²) in [5.41, 5.74) is 0.781. The summed E-state index contributed by atoms with van der Waals surface area (Å²) in [6, 6.07) is 7.19. The standard InChI is InChI=1S/C14H14ClN3O2/c1-2-8-16-12(19)6-7-13-17-14(18-20-13)10-4-3-5-11(15)9-10/h2-5,9H,1,6-8H2,(H,16,19). The van der Waals surface area contributed by atoms with Gasteiger partial charge in [-0.25, -0.2) is 0 Å². The molecule has 6 heteroatoms. The van der Waals surface area contributed by atoms with Crippen molar-refractivity contribution in [1.82, 2.24) is 15.5 Å². The van der Waals surface area contributed by atoms with Gasteiger partial charge in [-0.05, 0) is 12.1 Å². The molecule has 0 saturated heterocycles. The van der Waals surface area contributed by atoms with E-state index in [0.717, 1.165) is 5.56 Å². The lowest BCUT2D eigenvalue weighted by Gasteiger charge is -1.98. The van der Waals surface area contributed by atoms with Gasteiger partial charge in [0.25, 0.3) is 0 Å². The molecule has 1 N–H and O–H groups in total. The second kappa shape index (κ2) is 6.86. The molecule has 0 fully saturated rings. The van der Waals surface area contributed by atoms with Gasteiger partial charge in [0.1, 0.15) is 0 Å². The van der Waals surface area contributed by atoms with Crippen LogP contribution in [0, 0.1) is 0 Å². The third kappa shape index (κ3) is 3.93. The summed E-state index contributed by atoms with van der Waals surface area (Å²) in [5, 5.41) is 7.17. The Balaban J connectivity index is 1.95. The second-order valence-electron chi connectivity index (χ2n) is 4.11. The molecule has 0 atom stereocenters. The van der Waals surface area contributed by atoms with Crippen LogP contribution in [0.4, 0.5) is 0 Å². The predicted molar refractivity (Wildman–Crippen MR) is 76.3 cm³/mol. The van der Waals surface area contributed by atoms with Gasteiger partial charge in [-0.2, -0.15) is 4.98 Å². The highest BCUT2D eigenvalue weighted by Crippen LogP contribution is 2.20. The molecule has 2 aromatic rings. The summed E-state index contributed by atoms with van der Waals surface area (Å²) in [6.07, 6.45) is 2.32. The van der Waals surface area contributed by atoms with Crippen molar-refractivity contribution in [2.75, 3.05) is 6.54 Å². The van der Waals surface area contributed by atoms with Crippen LogP contribution >= 0.6 is 11.6 Å². The quantitative estimate of drug-likeness (QED) is 0.831. The monoisotopic (exact) mass is 291 g/mol. The van der Waals surface area contributed by atoms with Gasteiger partial charge < -0.3 is 9.84 Å². The first-order valence-corrected chi connectivity index (χ1v) is 6.53. The number of rotatable bonds is 6. The van der Waals surface area contributed by atoms with Gasteiger partial charge in [-0.1, -0.05) is 35.0 Å². The number of halogens is 1. The molecule has 104 valence electrons. The fraction of sp³-hybridized carbons (Fsp3) is 0.214. The summed E-state index contributed by atoms with van der Waals surface area (Å²) in [6.45, 7) is 3.98. The van der Waals surface area contributed by atoms with E-state index in [1.54, 1.807) is 18.2 Å². The van der Waals surface area contributed by atoms with Crippen molar-refractivity contribution < 1.29 is 9.32 Å². The summed E-state index contributed by atoms with van der Waals surface area (Å²) < 4.78 is 5.11. The third-order valence-electron chi connectivity index (χ3n) is 2.56. The number of nitrogens with one attached hydrogen (secondary N) is 1. The molecule has 0 radical (unpaired) electrons. The van der Waals surface area contributed by atoms with E-state index in [1.807, 2.05) is 12.1 Å². The van der Waals surface area contributed by atoms with E-state index in [9.17, 15) is 4.79 Å². The lowest BCUT2D eigenvalue weighted by Crippen LogP contribution is -2.23. The maximum absolute atomic E-state index is 11.4. The molecule has 0 saturated carbocycles. The number of hydrogen-bond acceptors (Lipinski definition) is 4. The van der Waals surface area contributed by atoms with E-state index in [-0.39, 0.29) is 5.91 Å². The van der Waals surface area contributed by atoms with Gasteiger partial charge in [-0.15, -0.1) is 6.58 Å². The molecule has 0 aliphatic rings. The minimum Gasteiger partial charge on any atom is -0.353 e. The van der Waals surface area contributed by atoms with E-state index in [2.05, 4.69) is 22.0 Å².